The van der Waals surface area contributed by atoms with Crippen molar-refractivity contribution in [3.05, 3.63) is 24.0 Å². The molecule has 0 saturated heterocycles. The highest BCUT2D eigenvalue weighted by molar-refractivity contribution is 7.90. The van der Waals surface area contributed by atoms with E-state index in [9.17, 15) is 17.6 Å². The van der Waals surface area contributed by atoms with Gasteiger partial charge in [-0.3, -0.25) is 4.79 Å². The van der Waals surface area contributed by atoms with Crippen LogP contribution in [0.1, 0.15) is 6.42 Å². The number of carbonyl (C=O) groups excluding carboxylic acids is 1. The van der Waals surface area contributed by atoms with Gasteiger partial charge in [-0.25, -0.2) is 12.8 Å². The summed E-state index contributed by atoms with van der Waals surface area (Å²) in [6, 6.07) is 3.76. The number of benzene rings is 1. The van der Waals surface area contributed by atoms with Crippen molar-refractivity contribution in [3.63, 3.8) is 0 Å². The van der Waals surface area contributed by atoms with Crippen molar-refractivity contribution in [2.75, 3.05) is 23.1 Å². The van der Waals surface area contributed by atoms with Crippen LogP contribution in [0.3, 0.4) is 0 Å². The molecule has 1 aromatic rings. The van der Waals surface area contributed by atoms with E-state index in [4.69, 9.17) is 5.73 Å². The van der Waals surface area contributed by atoms with E-state index in [-0.39, 0.29) is 17.9 Å². The minimum absolute atomic E-state index is 0.0523. The first kappa shape index (κ1) is 13.4. The topological polar surface area (TPSA) is 89.3 Å². The molecule has 0 aromatic heterocycles. The monoisotopic (exact) mass is 260 g/mol. The first-order chi connectivity index (χ1) is 7.78. The van der Waals surface area contributed by atoms with Gasteiger partial charge in [-0.2, -0.15) is 0 Å². The number of nitrogens with one attached hydrogen (secondary N) is 1. The van der Waals surface area contributed by atoms with Crippen molar-refractivity contribution in [3.8, 4) is 0 Å². The Balaban J connectivity index is 2.65. The molecule has 0 spiro atoms. The largest absolute Gasteiger partial charge is 0.399 e. The van der Waals surface area contributed by atoms with Gasteiger partial charge in [0.2, 0.25) is 5.91 Å². The molecule has 1 rings (SSSR count). The highest BCUT2D eigenvalue weighted by Crippen LogP contribution is 2.17. The Hall–Kier alpha value is -1.63. The molecule has 0 saturated carbocycles. The van der Waals surface area contributed by atoms with Crippen molar-refractivity contribution in [2.24, 2.45) is 0 Å². The van der Waals surface area contributed by atoms with E-state index in [1.165, 1.54) is 12.1 Å². The first-order valence-corrected chi connectivity index (χ1v) is 6.86. The molecule has 1 aromatic carbocycles. The van der Waals surface area contributed by atoms with Gasteiger partial charge >= 0.3 is 0 Å². The molecule has 7 heteroatoms. The Kier molecular flexibility index (Phi) is 4.06. The number of sulfone groups is 1. The van der Waals surface area contributed by atoms with E-state index < -0.39 is 21.6 Å². The van der Waals surface area contributed by atoms with Crippen molar-refractivity contribution in [1.29, 1.82) is 0 Å². The lowest BCUT2D eigenvalue weighted by Gasteiger charge is -2.06. The fourth-order valence-electron chi connectivity index (χ4n) is 1.13. The van der Waals surface area contributed by atoms with Crippen molar-refractivity contribution in [1.82, 2.24) is 0 Å². The standard InChI is InChI=1S/C10H13FN2O3S/c1-17(15,16)5-4-10(14)13-9-6-7(12)2-3-8(9)11/h2-3,6H,4-5,12H2,1H3,(H,13,14). The Morgan fingerprint density at radius 1 is 1.47 bits per heavy atom. The third-order valence-corrected chi connectivity index (χ3v) is 2.91. The van der Waals surface area contributed by atoms with Gasteiger partial charge in [-0.05, 0) is 18.2 Å². The van der Waals surface area contributed by atoms with Crippen LogP contribution in [0, 0.1) is 5.82 Å². The van der Waals surface area contributed by atoms with E-state index in [1.54, 1.807) is 0 Å². The van der Waals surface area contributed by atoms with Crippen LogP contribution in [0.25, 0.3) is 0 Å². The number of hydrogen-bond acceptors (Lipinski definition) is 4. The molecule has 0 heterocycles. The third-order valence-electron chi connectivity index (χ3n) is 1.96. The van der Waals surface area contributed by atoms with Gasteiger partial charge in [0.25, 0.3) is 0 Å². The molecular formula is C10H13FN2O3S. The molecule has 0 aliphatic heterocycles. The molecule has 0 fully saturated rings. The number of hydrogen-bond donors (Lipinski definition) is 2. The molecule has 17 heavy (non-hydrogen) atoms. The van der Waals surface area contributed by atoms with Crippen LogP contribution in [0.15, 0.2) is 18.2 Å². The zero-order valence-corrected chi connectivity index (χ0v) is 10.1. The number of halogens is 1. The van der Waals surface area contributed by atoms with Crippen molar-refractivity contribution >= 4 is 27.1 Å². The van der Waals surface area contributed by atoms with E-state index in [2.05, 4.69) is 5.32 Å². The second-order valence-corrected chi connectivity index (χ2v) is 5.93. The summed E-state index contributed by atoms with van der Waals surface area (Å²) >= 11 is 0. The van der Waals surface area contributed by atoms with Gasteiger partial charge in [0.1, 0.15) is 15.7 Å². The van der Waals surface area contributed by atoms with Crippen LogP contribution in [0.2, 0.25) is 0 Å². The van der Waals surface area contributed by atoms with Gasteiger partial charge in [-0.1, -0.05) is 0 Å². The zero-order chi connectivity index (χ0) is 13.1. The lowest BCUT2D eigenvalue weighted by molar-refractivity contribution is -0.115. The summed E-state index contributed by atoms with van der Waals surface area (Å²) in [5.41, 5.74) is 5.69. The van der Waals surface area contributed by atoms with Gasteiger partial charge in [0.05, 0.1) is 11.4 Å². The third kappa shape index (κ3) is 4.81. The summed E-state index contributed by atoms with van der Waals surface area (Å²) in [6.07, 6.45) is 0.814. The highest BCUT2D eigenvalue weighted by atomic mass is 32.2. The predicted octanol–water partition coefficient (Wildman–Crippen LogP) is 0.781. The van der Waals surface area contributed by atoms with Gasteiger partial charge in [0.15, 0.2) is 0 Å². The summed E-state index contributed by atoms with van der Waals surface area (Å²) in [5.74, 6) is -1.46. The van der Waals surface area contributed by atoms with Crippen LogP contribution in [-0.2, 0) is 14.6 Å². The first-order valence-electron chi connectivity index (χ1n) is 4.80. The Labute approximate surface area is 98.7 Å². The van der Waals surface area contributed by atoms with Gasteiger partial charge in [0, 0.05) is 18.4 Å². The van der Waals surface area contributed by atoms with Crippen molar-refractivity contribution in [2.45, 2.75) is 6.42 Å². The number of anilines is 2. The Morgan fingerprint density at radius 2 is 2.12 bits per heavy atom. The highest BCUT2D eigenvalue weighted by Gasteiger charge is 2.10. The minimum atomic E-state index is -3.21. The quantitative estimate of drug-likeness (QED) is 0.783. The maximum atomic E-state index is 13.2. The number of amides is 1. The molecule has 0 aliphatic rings. The Morgan fingerprint density at radius 3 is 2.71 bits per heavy atom. The predicted molar refractivity (Wildman–Crippen MR) is 63.8 cm³/mol. The van der Waals surface area contributed by atoms with Crippen LogP contribution < -0.4 is 11.1 Å². The molecule has 94 valence electrons. The number of carbonyl (C=O) groups is 1. The number of rotatable bonds is 4. The lowest BCUT2D eigenvalue weighted by atomic mass is 10.2. The van der Waals surface area contributed by atoms with Crippen LogP contribution in [0.4, 0.5) is 15.8 Å². The molecular weight excluding hydrogens is 247 g/mol. The average Bonchev–Trinajstić information content (AvgIpc) is 2.20. The molecule has 3 N–H and O–H groups in total. The van der Waals surface area contributed by atoms with Gasteiger partial charge in [-0.15, -0.1) is 0 Å². The van der Waals surface area contributed by atoms with Crippen LogP contribution in [-0.4, -0.2) is 26.3 Å². The second kappa shape index (κ2) is 5.13. The molecule has 0 bridgehead atoms. The lowest BCUT2D eigenvalue weighted by Crippen LogP contribution is -2.17. The number of nitrogen functional groups attached to an aromatic ring is 1. The maximum Gasteiger partial charge on any atom is 0.225 e. The summed E-state index contributed by atoms with van der Waals surface area (Å²) in [7, 11) is -3.21. The summed E-state index contributed by atoms with van der Waals surface area (Å²) in [6.45, 7) is 0. The van der Waals surface area contributed by atoms with E-state index >= 15 is 0 Å². The van der Waals surface area contributed by atoms with Gasteiger partial charge < -0.3 is 11.1 Å². The molecule has 0 radical (unpaired) electrons. The van der Waals surface area contributed by atoms with E-state index in [0.29, 0.717) is 5.69 Å². The molecule has 0 aliphatic carbocycles. The number of nitrogens with two attached hydrogens (primary N) is 1. The normalized spacial score (nSPS) is 11.2. The zero-order valence-electron chi connectivity index (χ0n) is 9.23. The fourth-order valence-corrected chi connectivity index (χ4v) is 1.69. The fraction of sp³-hybridized carbons (Fsp3) is 0.300. The van der Waals surface area contributed by atoms with Crippen LogP contribution in [0.5, 0.6) is 0 Å². The maximum absolute atomic E-state index is 13.2. The van der Waals surface area contributed by atoms with Crippen LogP contribution >= 0.6 is 0 Å². The summed E-state index contributed by atoms with van der Waals surface area (Å²) in [4.78, 5) is 11.3. The molecule has 1 amide bonds. The Bertz CT molecular complexity index is 528. The smallest absolute Gasteiger partial charge is 0.225 e. The van der Waals surface area contributed by atoms with E-state index in [1.807, 2.05) is 0 Å². The second-order valence-electron chi connectivity index (χ2n) is 3.67. The SMILES string of the molecule is CS(=O)(=O)CCC(=O)Nc1cc(N)ccc1F. The molecule has 0 atom stereocenters. The molecule has 5 nitrogen and oxygen atoms in total. The minimum Gasteiger partial charge on any atom is -0.399 e. The molecule has 0 unspecified atom stereocenters. The summed E-state index contributed by atoms with van der Waals surface area (Å²) < 4.78 is 34.9. The van der Waals surface area contributed by atoms with Crippen molar-refractivity contribution < 1.29 is 17.6 Å². The average molecular weight is 260 g/mol. The van der Waals surface area contributed by atoms with E-state index in [0.717, 1.165) is 12.3 Å². The summed E-state index contributed by atoms with van der Waals surface area (Å²) in [5, 5.41) is 2.27.